The molecule has 0 aliphatic carbocycles. The van der Waals surface area contributed by atoms with Crippen LogP contribution in [0.25, 0.3) is 0 Å². The quantitative estimate of drug-likeness (QED) is 0.792. The van der Waals surface area contributed by atoms with E-state index < -0.39 is 0 Å². The number of aromatic hydroxyl groups is 2. The van der Waals surface area contributed by atoms with Gasteiger partial charge in [0, 0.05) is 5.56 Å². The van der Waals surface area contributed by atoms with Crippen molar-refractivity contribution >= 4 is 0 Å². The molecule has 0 saturated carbocycles. The van der Waals surface area contributed by atoms with Crippen molar-refractivity contribution in [1.29, 1.82) is 0 Å². The van der Waals surface area contributed by atoms with Gasteiger partial charge < -0.3 is 10.2 Å². The van der Waals surface area contributed by atoms with Gasteiger partial charge in [0.25, 0.3) is 0 Å². The molecule has 0 amide bonds. The largest absolute Gasteiger partial charge is 0.504 e. The van der Waals surface area contributed by atoms with Crippen LogP contribution < -0.4 is 0 Å². The smallest absolute Gasteiger partial charge is 0.160 e. The SMILES string of the molecule is Cc1ccc(O)c(O)c1CCc1ccccc1. The molecular formula is C15H16O2. The summed E-state index contributed by atoms with van der Waals surface area (Å²) in [6, 6.07) is 13.5. The van der Waals surface area contributed by atoms with Crippen molar-refractivity contribution < 1.29 is 10.2 Å². The van der Waals surface area contributed by atoms with Crippen LogP contribution >= 0.6 is 0 Å². The van der Waals surface area contributed by atoms with Gasteiger partial charge in [-0.05, 0) is 37.0 Å². The van der Waals surface area contributed by atoms with Crippen LogP contribution in [0.2, 0.25) is 0 Å². The lowest BCUT2D eigenvalue weighted by Gasteiger charge is -2.09. The first-order chi connectivity index (χ1) is 8.18. The summed E-state index contributed by atoms with van der Waals surface area (Å²) in [4.78, 5) is 0. The van der Waals surface area contributed by atoms with Gasteiger partial charge in [-0.15, -0.1) is 0 Å². The van der Waals surface area contributed by atoms with Gasteiger partial charge in [-0.3, -0.25) is 0 Å². The highest BCUT2D eigenvalue weighted by Gasteiger charge is 2.09. The number of phenols is 2. The Kier molecular flexibility index (Phi) is 3.33. The van der Waals surface area contributed by atoms with Gasteiger partial charge in [-0.1, -0.05) is 36.4 Å². The number of hydrogen-bond acceptors (Lipinski definition) is 2. The number of aryl methyl sites for hydroxylation is 2. The molecule has 0 fully saturated rings. The highest BCUT2D eigenvalue weighted by Crippen LogP contribution is 2.31. The first kappa shape index (κ1) is 11.5. The zero-order valence-corrected chi connectivity index (χ0v) is 9.85. The molecule has 2 nitrogen and oxygen atoms in total. The van der Waals surface area contributed by atoms with Gasteiger partial charge in [-0.25, -0.2) is 0 Å². The fourth-order valence-electron chi connectivity index (χ4n) is 1.95. The highest BCUT2D eigenvalue weighted by atomic mass is 16.3. The number of rotatable bonds is 3. The van der Waals surface area contributed by atoms with Crippen molar-refractivity contribution in [3.63, 3.8) is 0 Å². The third-order valence-electron chi connectivity index (χ3n) is 3.00. The van der Waals surface area contributed by atoms with Crippen LogP contribution in [0, 0.1) is 6.92 Å². The fourth-order valence-corrected chi connectivity index (χ4v) is 1.95. The molecule has 0 heterocycles. The van der Waals surface area contributed by atoms with Crippen LogP contribution in [0.15, 0.2) is 42.5 Å². The Morgan fingerprint density at radius 2 is 1.59 bits per heavy atom. The minimum atomic E-state index is -0.0429. The molecule has 2 N–H and O–H groups in total. The monoisotopic (exact) mass is 228 g/mol. The molecule has 17 heavy (non-hydrogen) atoms. The van der Waals surface area contributed by atoms with Crippen molar-refractivity contribution in [3.8, 4) is 11.5 Å². The highest BCUT2D eigenvalue weighted by molar-refractivity contribution is 5.48. The number of phenolic OH excluding ortho intramolecular Hbond substituents is 2. The second-order valence-electron chi connectivity index (χ2n) is 4.21. The second-order valence-corrected chi connectivity index (χ2v) is 4.21. The van der Waals surface area contributed by atoms with E-state index in [-0.39, 0.29) is 11.5 Å². The van der Waals surface area contributed by atoms with Gasteiger partial charge >= 0.3 is 0 Å². The lowest BCUT2D eigenvalue weighted by Crippen LogP contribution is -1.95. The predicted molar refractivity (Wildman–Crippen MR) is 68.4 cm³/mol. The zero-order valence-electron chi connectivity index (χ0n) is 9.85. The molecule has 0 radical (unpaired) electrons. The summed E-state index contributed by atoms with van der Waals surface area (Å²) in [6.07, 6.45) is 1.59. The molecule has 0 spiro atoms. The Bertz CT molecular complexity index is 504. The number of hydrogen-bond donors (Lipinski definition) is 2. The third kappa shape index (κ3) is 2.59. The van der Waals surface area contributed by atoms with E-state index in [1.54, 1.807) is 0 Å². The molecule has 0 unspecified atom stereocenters. The zero-order chi connectivity index (χ0) is 12.3. The van der Waals surface area contributed by atoms with E-state index in [9.17, 15) is 10.2 Å². The molecule has 88 valence electrons. The van der Waals surface area contributed by atoms with Crippen LogP contribution in [-0.4, -0.2) is 10.2 Å². The lowest BCUT2D eigenvalue weighted by molar-refractivity contribution is 0.399. The molecule has 0 aliphatic heterocycles. The maximum absolute atomic E-state index is 9.81. The van der Waals surface area contributed by atoms with Gasteiger partial charge in [0.05, 0.1) is 0 Å². The normalized spacial score (nSPS) is 10.4. The van der Waals surface area contributed by atoms with E-state index in [1.165, 1.54) is 11.6 Å². The maximum Gasteiger partial charge on any atom is 0.160 e. The molecular weight excluding hydrogens is 212 g/mol. The maximum atomic E-state index is 9.81. The Balaban J connectivity index is 2.17. The van der Waals surface area contributed by atoms with Gasteiger partial charge in [-0.2, -0.15) is 0 Å². The van der Waals surface area contributed by atoms with E-state index >= 15 is 0 Å². The molecule has 2 rings (SSSR count). The molecule has 2 aromatic rings. The summed E-state index contributed by atoms with van der Waals surface area (Å²) in [5.74, 6) is -0.0282. The molecule has 2 heteroatoms. The minimum absolute atomic E-state index is 0.0148. The lowest BCUT2D eigenvalue weighted by atomic mass is 9.99. The molecule has 0 aliphatic rings. The Labute approximate surface area is 101 Å². The first-order valence-electron chi connectivity index (χ1n) is 5.73. The Morgan fingerprint density at radius 1 is 0.882 bits per heavy atom. The van der Waals surface area contributed by atoms with Crippen molar-refractivity contribution in [1.82, 2.24) is 0 Å². The van der Waals surface area contributed by atoms with Crippen LogP contribution in [0.3, 0.4) is 0 Å². The summed E-state index contributed by atoms with van der Waals surface area (Å²) in [5.41, 5.74) is 3.07. The van der Waals surface area contributed by atoms with Crippen molar-refractivity contribution in [3.05, 3.63) is 59.2 Å². The van der Waals surface area contributed by atoms with Crippen molar-refractivity contribution in [2.75, 3.05) is 0 Å². The van der Waals surface area contributed by atoms with E-state index in [1.807, 2.05) is 31.2 Å². The van der Waals surface area contributed by atoms with Crippen LogP contribution in [0.1, 0.15) is 16.7 Å². The van der Waals surface area contributed by atoms with Gasteiger partial charge in [0.1, 0.15) is 0 Å². The van der Waals surface area contributed by atoms with Crippen LogP contribution in [0.4, 0.5) is 0 Å². The Morgan fingerprint density at radius 3 is 2.29 bits per heavy atom. The van der Waals surface area contributed by atoms with E-state index in [0.29, 0.717) is 0 Å². The van der Waals surface area contributed by atoms with Gasteiger partial charge in [0.2, 0.25) is 0 Å². The molecule has 2 aromatic carbocycles. The van der Waals surface area contributed by atoms with Crippen molar-refractivity contribution in [2.45, 2.75) is 19.8 Å². The summed E-state index contributed by atoms with van der Waals surface area (Å²) in [6.45, 7) is 1.94. The van der Waals surface area contributed by atoms with E-state index in [0.717, 1.165) is 24.0 Å². The number of benzene rings is 2. The van der Waals surface area contributed by atoms with Crippen LogP contribution in [-0.2, 0) is 12.8 Å². The van der Waals surface area contributed by atoms with Crippen molar-refractivity contribution in [2.24, 2.45) is 0 Å². The molecule has 0 saturated heterocycles. The van der Waals surface area contributed by atoms with Gasteiger partial charge in [0.15, 0.2) is 11.5 Å². The molecule has 0 bridgehead atoms. The summed E-state index contributed by atoms with van der Waals surface area (Å²) >= 11 is 0. The Hall–Kier alpha value is -1.96. The standard InChI is InChI=1S/C15H16O2/c1-11-7-10-14(16)15(17)13(11)9-8-12-5-3-2-4-6-12/h2-7,10,16-17H,8-9H2,1H3. The van der Waals surface area contributed by atoms with E-state index in [4.69, 9.17) is 0 Å². The average Bonchev–Trinajstić information content (AvgIpc) is 2.35. The third-order valence-corrected chi connectivity index (χ3v) is 3.00. The predicted octanol–water partition coefficient (Wildman–Crippen LogP) is 3.19. The summed E-state index contributed by atoms with van der Waals surface area (Å²) in [5, 5.41) is 19.3. The minimum Gasteiger partial charge on any atom is -0.504 e. The van der Waals surface area contributed by atoms with E-state index in [2.05, 4.69) is 12.1 Å². The summed E-state index contributed by atoms with van der Waals surface area (Å²) in [7, 11) is 0. The topological polar surface area (TPSA) is 40.5 Å². The summed E-state index contributed by atoms with van der Waals surface area (Å²) < 4.78 is 0. The average molecular weight is 228 g/mol. The molecule has 0 aromatic heterocycles. The van der Waals surface area contributed by atoms with Crippen LogP contribution in [0.5, 0.6) is 11.5 Å². The second kappa shape index (κ2) is 4.91. The molecule has 0 atom stereocenters. The fraction of sp³-hybridized carbons (Fsp3) is 0.200. The first-order valence-corrected chi connectivity index (χ1v) is 5.73.